The number of nitriles is 1. The van der Waals surface area contributed by atoms with E-state index < -0.39 is 5.91 Å². The molecule has 0 bridgehead atoms. The van der Waals surface area contributed by atoms with Crippen molar-refractivity contribution in [2.45, 2.75) is 20.5 Å². The lowest BCUT2D eigenvalue weighted by molar-refractivity contribution is -0.112. The molecule has 8 heteroatoms. The molecular weight excluding hydrogens is 532 g/mol. The summed E-state index contributed by atoms with van der Waals surface area (Å²) < 4.78 is 18.0. The van der Waals surface area contributed by atoms with Crippen LogP contribution in [0.4, 0.5) is 5.69 Å². The van der Waals surface area contributed by atoms with Crippen molar-refractivity contribution in [3.63, 3.8) is 0 Å². The SMILES string of the molecule is CCOc1ccc(NC(=O)/C(C#N)=C/c2cc(Cl)c(OCc3ccccc3Br)c(OCC)c2)cc1. The smallest absolute Gasteiger partial charge is 0.266 e. The third-order valence-corrected chi connectivity index (χ3v) is 5.82. The zero-order valence-electron chi connectivity index (χ0n) is 19.3. The van der Waals surface area contributed by atoms with Gasteiger partial charge in [0.25, 0.3) is 5.91 Å². The van der Waals surface area contributed by atoms with Gasteiger partial charge in [-0.15, -0.1) is 0 Å². The summed E-state index contributed by atoms with van der Waals surface area (Å²) >= 11 is 10.0. The molecule has 0 unspecified atom stereocenters. The van der Waals surface area contributed by atoms with Crippen LogP contribution in [0.25, 0.3) is 6.08 Å². The molecule has 0 spiro atoms. The minimum absolute atomic E-state index is 0.0840. The number of ether oxygens (including phenoxy) is 3. The fraction of sp³-hybridized carbons (Fsp3) is 0.185. The standard InChI is InChI=1S/C27H24BrClN2O4/c1-3-33-22-11-9-21(10-12-22)31-27(32)20(16-30)13-18-14-24(29)26(25(15-18)34-4-2)35-17-19-7-5-6-8-23(19)28/h5-15H,3-4,17H2,1-2H3,(H,31,32)/b20-13+. The first kappa shape index (κ1) is 26.1. The molecule has 0 aliphatic heterocycles. The van der Waals surface area contributed by atoms with E-state index >= 15 is 0 Å². The minimum Gasteiger partial charge on any atom is -0.494 e. The first-order valence-electron chi connectivity index (χ1n) is 10.9. The maximum atomic E-state index is 12.7. The number of hydrogen-bond acceptors (Lipinski definition) is 5. The predicted octanol–water partition coefficient (Wildman–Crippen LogP) is 7.02. The van der Waals surface area contributed by atoms with Crippen molar-refractivity contribution >= 4 is 45.2 Å². The second-order valence-electron chi connectivity index (χ2n) is 7.22. The van der Waals surface area contributed by atoms with Gasteiger partial charge < -0.3 is 19.5 Å². The van der Waals surface area contributed by atoms with Crippen LogP contribution in [0.1, 0.15) is 25.0 Å². The molecule has 3 rings (SSSR count). The molecule has 1 amide bonds. The topological polar surface area (TPSA) is 80.6 Å². The Morgan fingerprint density at radius 2 is 1.77 bits per heavy atom. The minimum atomic E-state index is -0.542. The van der Waals surface area contributed by atoms with Crippen LogP contribution in [-0.4, -0.2) is 19.1 Å². The highest BCUT2D eigenvalue weighted by Crippen LogP contribution is 2.38. The number of nitrogens with zero attached hydrogens (tertiary/aromatic N) is 1. The van der Waals surface area contributed by atoms with E-state index in [1.165, 1.54) is 6.08 Å². The fourth-order valence-electron chi connectivity index (χ4n) is 3.15. The maximum absolute atomic E-state index is 12.7. The first-order valence-corrected chi connectivity index (χ1v) is 12.1. The van der Waals surface area contributed by atoms with Gasteiger partial charge in [0, 0.05) is 15.7 Å². The Labute approximate surface area is 218 Å². The summed E-state index contributed by atoms with van der Waals surface area (Å²) in [6.45, 7) is 4.96. The summed E-state index contributed by atoms with van der Waals surface area (Å²) in [5.41, 5.74) is 1.94. The largest absolute Gasteiger partial charge is 0.494 e. The van der Waals surface area contributed by atoms with Gasteiger partial charge >= 0.3 is 0 Å². The zero-order chi connectivity index (χ0) is 25.2. The molecule has 0 fully saturated rings. The molecule has 1 N–H and O–H groups in total. The van der Waals surface area contributed by atoms with Crippen molar-refractivity contribution in [2.75, 3.05) is 18.5 Å². The van der Waals surface area contributed by atoms with Crippen LogP contribution in [-0.2, 0) is 11.4 Å². The van der Waals surface area contributed by atoms with E-state index in [0.717, 1.165) is 10.0 Å². The molecule has 0 saturated carbocycles. The number of hydrogen-bond donors (Lipinski definition) is 1. The lowest BCUT2D eigenvalue weighted by Gasteiger charge is -2.15. The van der Waals surface area contributed by atoms with E-state index in [0.29, 0.717) is 46.7 Å². The average Bonchev–Trinajstić information content (AvgIpc) is 2.84. The number of amides is 1. The van der Waals surface area contributed by atoms with Crippen molar-refractivity contribution in [3.05, 3.63) is 86.9 Å². The van der Waals surface area contributed by atoms with Crippen LogP contribution in [0.3, 0.4) is 0 Å². The number of rotatable bonds is 10. The Hall–Kier alpha value is -3.47. The Morgan fingerprint density at radius 3 is 2.43 bits per heavy atom. The molecule has 0 aromatic heterocycles. The summed E-state index contributed by atoms with van der Waals surface area (Å²) in [4.78, 5) is 12.7. The van der Waals surface area contributed by atoms with Gasteiger partial charge in [-0.2, -0.15) is 5.26 Å². The number of nitrogens with one attached hydrogen (secondary N) is 1. The average molecular weight is 556 g/mol. The van der Waals surface area contributed by atoms with Crippen molar-refractivity contribution in [1.82, 2.24) is 0 Å². The van der Waals surface area contributed by atoms with E-state index in [-0.39, 0.29) is 12.2 Å². The molecule has 0 saturated heterocycles. The van der Waals surface area contributed by atoms with Crippen molar-refractivity contribution in [1.29, 1.82) is 5.26 Å². The molecule has 3 aromatic carbocycles. The van der Waals surface area contributed by atoms with Gasteiger partial charge in [-0.1, -0.05) is 45.7 Å². The lowest BCUT2D eigenvalue weighted by atomic mass is 10.1. The highest BCUT2D eigenvalue weighted by Gasteiger charge is 2.15. The fourth-order valence-corrected chi connectivity index (χ4v) is 3.83. The summed E-state index contributed by atoms with van der Waals surface area (Å²) in [7, 11) is 0. The van der Waals surface area contributed by atoms with E-state index in [2.05, 4.69) is 21.2 Å². The van der Waals surface area contributed by atoms with Crippen LogP contribution >= 0.6 is 27.5 Å². The summed E-state index contributed by atoms with van der Waals surface area (Å²) in [5, 5.41) is 12.6. The zero-order valence-corrected chi connectivity index (χ0v) is 21.7. The van der Waals surface area contributed by atoms with Crippen LogP contribution in [0.2, 0.25) is 5.02 Å². The molecule has 6 nitrogen and oxygen atoms in total. The number of carbonyl (C=O) groups is 1. The number of anilines is 1. The van der Waals surface area contributed by atoms with Crippen LogP contribution in [0, 0.1) is 11.3 Å². The predicted molar refractivity (Wildman–Crippen MR) is 141 cm³/mol. The van der Waals surface area contributed by atoms with Gasteiger partial charge in [0.1, 0.15) is 24.0 Å². The summed E-state index contributed by atoms with van der Waals surface area (Å²) in [6.07, 6.45) is 1.45. The molecule has 0 aliphatic carbocycles. The van der Waals surface area contributed by atoms with Crippen molar-refractivity contribution in [2.24, 2.45) is 0 Å². The third-order valence-electron chi connectivity index (χ3n) is 4.76. The van der Waals surface area contributed by atoms with E-state index in [1.807, 2.05) is 44.2 Å². The first-order chi connectivity index (χ1) is 16.9. The highest BCUT2D eigenvalue weighted by atomic mass is 79.9. The van der Waals surface area contributed by atoms with E-state index in [4.69, 9.17) is 25.8 Å². The number of carbonyl (C=O) groups excluding carboxylic acids is 1. The molecule has 180 valence electrons. The summed E-state index contributed by atoms with van der Waals surface area (Å²) in [5.74, 6) is 0.961. The normalized spacial score (nSPS) is 10.9. The molecule has 3 aromatic rings. The third kappa shape index (κ3) is 7.25. The second kappa shape index (κ2) is 12.8. The Morgan fingerprint density at radius 1 is 1.06 bits per heavy atom. The van der Waals surface area contributed by atoms with Gasteiger partial charge in [0.15, 0.2) is 11.5 Å². The van der Waals surface area contributed by atoms with Crippen LogP contribution in [0.15, 0.2) is 70.7 Å². The van der Waals surface area contributed by atoms with E-state index in [1.54, 1.807) is 36.4 Å². The molecular formula is C27H24BrClN2O4. The second-order valence-corrected chi connectivity index (χ2v) is 8.49. The van der Waals surface area contributed by atoms with Gasteiger partial charge in [-0.25, -0.2) is 0 Å². The quantitative estimate of drug-likeness (QED) is 0.215. The Balaban J connectivity index is 1.81. The van der Waals surface area contributed by atoms with Crippen molar-refractivity contribution < 1.29 is 19.0 Å². The van der Waals surface area contributed by atoms with E-state index in [9.17, 15) is 10.1 Å². The molecule has 0 heterocycles. The Bertz CT molecular complexity index is 1250. The van der Waals surface area contributed by atoms with Crippen LogP contribution in [0.5, 0.6) is 17.2 Å². The number of halogens is 2. The van der Waals surface area contributed by atoms with Gasteiger partial charge in [-0.05, 0) is 68.0 Å². The van der Waals surface area contributed by atoms with Crippen LogP contribution < -0.4 is 19.5 Å². The molecule has 0 atom stereocenters. The highest BCUT2D eigenvalue weighted by molar-refractivity contribution is 9.10. The maximum Gasteiger partial charge on any atom is 0.266 e. The van der Waals surface area contributed by atoms with Gasteiger partial charge in [0.2, 0.25) is 0 Å². The lowest BCUT2D eigenvalue weighted by Crippen LogP contribution is -2.13. The van der Waals surface area contributed by atoms with Gasteiger partial charge in [0.05, 0.1) is 18.2 Å². The number of benzene rings is 3. The van der Waals surface area contributed by atoms with Gasteiger partial charge in [-0.3, -0.25) is 4.79 Å². The summed E-state index contributed by atoms with van der Waals surface area (Å²) in [6, 6.07) is 19.9. The van der Waals surface area contributed by atoms with Crippen molar-refractivity contribution in [3.8, 4) is 23.3 Å². The molecule has 35 heavy (non-hydrogen) atoms. The molecule has 0 aliphatic rings. The monoisotopic (exact) mass is 554 g/mol. The molecule has 0 radical (unpaired) electrons. The Kier molecular flexibility index (Phi) is 9.59.